The maximum absolute atomic E-state index is 12.7. The minimum absolute atomic E-state index is 0. The zero-order chi connectivity index (χ0) is 21.0. The molecule has 1 aromatic heterocycles. The lowest BCUT2D eigenvalue weighted by Crippen LogP contribution is -2.31. The van der Waals surface area contributed by atoms with Gasteiger partial charge in [-0.2, -0.15) is 0 Å². The lowest BCUT2D eigenvalue weighted by molar-refractivity contribution is 0.0950. The van der Waals surface area contributed by atoms with Crippen LogP contribution in [0.2, 0.25) is 0 Å². The van der Waals surface area contributed by atoms with Gasteiger partial charge in [-0.25, -0.2) is 4.98 Å². The van der Waals surface area contributed by atoms with Crippen molar-refractivity contribution in [2.24, 2.45) is 0 Å². The SMILES string of the molecule is CCCCCCCCc1ccc(C(=O)NCC(c2ccccc2)n2ccnc2)cc1.[HH]. The number of rotatable bonds is 12. The van der Waals surface area contributed by atoms with Crippen molar-refractivity contribution in [1.29, 1.82) is 0 Å². The molecule has 0 aliphatic carbocycles. The molecule has 1 N–H and O–H groups in total. The van der Waals surface area contributed by atoms with Gasteiger partial charge in [-0.05, 0) is 36.1 Å². The van der Waals surface area contributed by atoms with Crippen molar-refractivity contribution in [2.45, 2.75) is 57.9 Å². The number of unbranched alkanes of at least 4 members (excludes halogenated alkanes) is 5. The first-order valence-corrected chi connectivity index (χ1v) is 11.2. The Balaban J connectivity index is 0.00000341. The van der Waals surface area contributed by atoms with E-state index in [1.165, 1.54) is 44.1 Å². The van der Waals surface area contributed by atoms with Gasteiger partial charge in [-0.3, -0.25) is 4.79 Å². The van der Waals surface area contributed by atoms with Gasteiger partial charge in [0, 0.05) is 25.9 Å². The monoisotopic (exact) mass is 405 g/mol. The van der Waals surface area contributed by atoms with Crippen LogP contribution in [0.3, 0.4) is 0 Å². The maximum atomic E-state index is 12.7. The summed E-state index contributed by atoms with van der Waals surface area (Å²) in [6.07, 6.45) is 14.4. The van der Waals surface area contributed by atoms with Gasteiger partial charge in [-0.15, -0.1) is 0 Å². The molecule has 0 bridgehead atoms. The van der Waals surface area contributed by atoms with Gasteiger partial charge in [0.1, 0.15) is 0 Å². The van der Waals surface area contributed by atoms with E-state index in [1.807, 2.05) is 41.1 Å². The van der Waals surface area contributed by atoms with E-state index < -0.39 is 0 Å². The number of imidazole rings is 1. The minimum atomic E-state index is -0.0397. The predicted octanol–water partition coefficient (Wildman–Crippen LogP) is 6.05. The molecule has 0 aliphatic heterocycles. The first-order chi connectivity index (χ1) is 14.8. The van der Waals surface area contributed by atoms with Crippen molar-refractivity contribution in [3.05, 3.63) is 90.0 Å². The first-order valence-electron chi connectivity index (χ1n) is 11.2. The Labute approximate surface area is 181 Å². The molecule has 30 heavy (non-hydrogen) atoms. The third kappa shape index (κ3) is 6.58. The van der Waals surface area contributed by atoms with Crippen LogP contribution in [0.4, 0.5) is 0 Å². The Morgan fingerprint density at radius 2 is 1.73 bits per heavy atom. The van der Waals surface area contributed by atoms with E-state index in [0.717, 1.165) is 12.0 Å². The molecule has 160 valence electrons. The quantitative estimate of drug-likeness (QED) is 0.373. The summed E-state index contributed by atoms with van der Waals surface area (Å²) in [6, 6.07) is 18.3. The molecule has 2 aromatic carbocycles. The Kier molecular flexibility index (Phi) is 8.70. The molecule has 0 saturated heterocycles. The number of benzene rings is 2. The van der Waals surface area contributed by atoms with E-state index in [0.29, 0.717) is 12.1 Å². The van der Waals surface area contributed by atoms with Gasteiger partial charge >= 0.3 is 0 Å². The number of carbonyl (C=O) groups excluding carboxylic acids is 1. The van der Waals surface area contributed by atoms with Crippen LogP contribution < -0.4 is 5.32 Å². The number of amides is 1. The minimum Gasteiger partial charge on any atom is -0.350 e. The standard InChI is InChI=1S/C26H33N3O.H2/c1-2-3-4-5-6-8-11-22-14-16-24(17-15-22)26(30)28-20-25(29-19-18-27-21-29)23-12-9-7-10-13-23;/h7,9-10,12-19,21,25H,2-6,8,11,20H2,1H3,(H,28,30);1H. The molecular weight excluding hydrogens is 370 g/mol. The predicted molar refractivity (Wildman–Crippen MR) is 125 cm³/mol. The van der Waals surface area contributed by atoms with E-state index >= 15 is 0 Å². The third-order valence-electron chi connectivity index (χ3n) is 5.56. The zero-order valence-corrected chi connectivity index (χ0v) is 18.0. The van der Waals surface area contributed by atoms with Gasteiger partial charge in [0.2, 0.25) is 0 Å². The fourth-order valence-electron chi connectivity index (χ4n) is 3.75. The van der Waals surface area contributed by atoms with Gasteiger partial charge < -0.3 is 9.88 Å². The zero-order valence-electron chi connectivity index (χ0n) is 18.0. The average molecular weight is 406 g/mol. The van der Waals surface area contributed by atoms with Crippen LogP contribution in [0, 0.1) is 0 Å². The molecule has 0 aliphatic rings. The second kappa shape index (κ2) is 12.0. The molecule has 1 amide bonds. The molecule has 1 atom stereocenters. The van der Waals surface area contributed by atoms with Crippen LogP contribution >= 0.6 is 0 Å². The topological polar surface area (TPSA) is 46.9 Å². The van der Waals surface area contributed by atoms with Gasteiger partial charge in [0.15, 0.2) is 0 Å². The highest BCUT2D eigenvalue weighted by atomic mass is 16.1. The van der Waals surface area contributed by atoms with Crippen LogP contribution in [0.5, 0.6) is 0 Å². The lowest BCUT2D eigenvalue weighted by Gasteiger charge is -2.19. The fraction of sp³-hybridized carbons (Fsp3) is 0.385. The van der Waals surface area contributed by atoms with Gasteiger partial charge in [0.25, 0.3) is 5.91 Å². The second-order valence-corrected chi connectivity index (χ2v) is 7.86. The van der Waals surface area contributed by atoms with Crippen LogP contribution in [0.25, 0.3) is 0 Å². The normalized spacial score (nSPS) is 11.9. The number of nitrogens with zero attached hydrogens (tertiary/aromatic N) is 2. The molecule has 1 unspecified atom stereocenters. The summed E-state index contributed by atoms with van der Waals surface area (Å²) in [5.41, 5.74) is 3.16. The van der Waals surface area contributed by atoms with E-state index in [4.69, 9.17) is 0 Å². The summed E-state index contributed by atoms with van der Waals surface area (Å²) in [4.78, 5) is 16.8. The summed E-state index contributed by atoms with van der Waals surface area (Å²) in [7, 11) is 0. The first kappa shape index (κ1) is 21.8. The van der Waals surface area contributed by atoms with Crippen molar-refractivity contribution in [3.8, 4) is 0 Å². The number of aryl methyl sites for hydroxylation is 1. The van der Waals surface area contributed by atoms with Gasteiger partial charge in [-0.1, -0.05) is 81.5 Å². The number of aromatic nitrogens is 2. The van der Waals surface area contributed by atoms with Crippen molar-refractivity contribution < 1.29 is 6.22 Å². The van der Waals surface area contributed by atoms with Crippen LogP contribution in [-0.4, -0.2) is 22.0 Å². The van der Waals surface area contributed by atoms with Gasteiger partial charge in [0.05, 0.1) is 12.4 Å². The molecule has 0 radical (unpaired) electrons. The summed E-state index contributed by atoms with van der Waals surface area (Å²) in [6.45, 7) is 2.76. The maximum Gasteiger partial charge on any atom is 0.251 e. The molecule has 0 spiro atoms. The summed E-state index contributed by atoms with van der Waals surface area (Å²) in [5.74, 6) is -0.0397. The van der Waals surface area contributed by atoms with E-state index in [-0.39, 0.29) is 13.4 Å². The van der Waals surface area contributed by atoms with E-state index in [9.17, 15) is 4.79 Å². The highest BCUT2D eigenvalue weighted by molar-refractivity contribution is 5.94. The Morgan fingerprint density at radius 1 is 1.00 bits per heavy atom. The molecule has 3 rings (SSSR count). The Morgan fingerprint density at radius 3 is 2.43 bits per heavy atom. The molecular formula is C26H35N3O. The molecule has 0 saturated carbocycles. The van der Waals surface area contributed by atoms with E-state index in [1.54, 1.807) is 12.5 Å². The van der Waals surface area contributed by atoms with E-state index in [2.05, 4.69) is 41.5 Å². The van der Waals surface area contributed by atoms with Crippen LogP contribution in [-0.2, 0) is 6.42 Å². The third-order valence-corrected chi connectivity index (χ3v) is 5.56. The number of nitrogens with one attached hydrogen (secondary N) is 1. The van der Waals surface area contributed by atoms with Crippen molar-refractivity contribution in [3.63, 3.8) is 0 Å². The highest BCUT2D eigenvalue weighted by Crippen LogP contribution is 2.17. The molecule has 4 nitrogen and oxygen atoms in total. The Hall–Kier alpha value is -2.88. The van der Waals surface area contributed by atoms with Crippen molar-refractivity contribution in [1.82, 2.24) is 14.9 Å². The summed E-state index contributed by atoms with van der Waals surface area (Å²) in [5, 5.41) is 3.09. The molecule has 1 heterocycles. The molecule has 0 fully saturated rings. The number of carbonyl (C=O) groups is 1. The molecule has 4 heteroatoms. The van der Waals surface area contributed by atoms with Crippen molar-refractivity contribution in [2.75, 3.05) is 6.54 Å². The fourth-order valence-corrected chi connectivity index (χ4v) is 3.75. The highest BCUT2D eigenvalue weighted by Gasteiger charge is 2.15. The Bertz CT molecular complexity index is 863. The smallest absolute Gasteiger partial charge is 0.251 e. The van der Waals surface area contributed by atoms with Crippen LogP contribution in [0.1, 0.15) is 74.4 Å². The summed E-state index contributed by atoms with van der Waals surface area (Å²) < 4.78 is 2.03. The number of hydrogen-bond donors (Lipinski definition) is 1. The summed E-state index contributed by atoms with van der Waals surface area (Å²) >= 11 is 0. The second-order valence-electron chi connectivity index (χ2n) is 7.86. The van der Waals surface area contributed by atoms with Crippen molar-refractivity contribution >= 4 is 5.91 Å². The lowest BCUT2D eigenvalue weighted by atomic mass is 10.0. The number of hydrogen-bond acceptors (Lipinski definition) is 2. The molecule has 3 aromatic rings. The average Bonchev–Trinajstić information content (AvgIpc) is 3.32. The van der Waals surface area contributed by atoms with Crippen LogP contribution in [0.15, 0.2) is 73.3 Å². The largest absolute Gasteiger partial charge is 0.350 e.